The van der Waals surface area contributed by atoms with Crippen LogP contribution < -0.4 is 5.32 Å². The van der Waals surface area contributed by atoms with Crippen LogP contribution in [0.1, 0.15) is 49.9 Å². The quantitative estimate of drug-likeness (QED) is 0.682. The van der Waals surface area contributed by atoms with E-state index in [1.54, 1.807) is 31.2 Å². The van der Waals surface area contributed by atoms with Gasteiger partial charge in [-0.05, 0) is 51.0 Å². The van der Waals surface area contributed by atoms with E-state index in [2.05, 4.69) is 5.32 Å². The zero-order valence-corrected chi connectivity index (χ0v) is 14.3. The second-order valence-corrected chi connectivity index (χ2v) is 6.16. The number of hydrogen-bond acceptors (Lipinski definition) is 3. The number of likely N-dealkylation sites (tertiary alicyclic amines) is 1. The first-order valence-electron chi connectivity index (χ1n) is 8.37. The number of carbonyl (C=O) groups is 3. The van der Waals surface area contributed by atoms with Crippen LogP contribution in [0.2, 0.25) is 0 Å². The van der Waals surface area contributed by atoms with Gasteiger partial charge >= 0.3 is 0 Å². The maximum atomic E-state index is 12.4. The van der Waals surface area contributed by atoms with Crippen molar-refractivity contribution in [3.05, 3.63) is 41.5 Å². The lowest BCUT2D eigenvalue weighted by Crippen LogP contribution is -2.32. The zero-order valence-electron chi connectivity index (χ0n) is 14.3. The Labute approximate surface area is 142 Å². The van der Waals surface area contributed by atoms with Crippen molar-refractivity contribution in [3.8, 4) is 0 Å². The van der Waals surface area contributed by atoms with Gasteiger partial charge < -0.3 is 10.2 Å². The van der Waals surface area contributed by atoms with Crippen LogP contribution in [-0.4, -0.2) is 35.6 Å². The molecule has 24 heavy (non-hydrogen) atoms. The van der Waals surface area contributed by atoms with E-state index in [1.807, 2.05) is 4.90 Å². The number of carbonyl (C=O) groups excluding carboxylic acids is 3. The van der Waals surface area contributed by atoms with E-state index < -0.39 is 0 Å². The second kappa shape index (κ2) is 8.43. The fourth-order valence-corrected chi connectivity index (χ4v) is 2.75. The Morgan fingerprint density at radius 1 is 0.958 bits per heavy atom. The van der Waals surface area contributed by atoms with Crippen LogP contribution in [0.4, 0.5) is 5.69 Å². The lowest BCUT2D eigenvalue weighted by atomic mass is 10.1. The first kappa shape index (κ1) is 17.9. The standard InChI is InChI=1S/C19H24N2O3/c1-14(19(24)21-11-5-3-4-6-12-21)13-18(23)20-17-9-7-16(8-10-17)15(2)22/h7-10,13H,3-6,11-12H2,1-2H3,(H,20,23)/b14-13-. The smallest absolute Gasteiger partial charge is 0.249 e. The third kappa shape index (κ3) is 5.05. The molecular formula is C19H24N2O3. The minimum absolute atomic E-state index is 0.0216. The molecule has 0 spiro atoms. The van der Waals surface area contributed by atoms with Crippen molar-refractivity contribution in [2.24, 2.45) is 0 Å². The molecule has 1 aromatic carbocycles. The topological polar surface area (TPSA) is 66.5 Å². The molecule has 128 valence electrons. The van der Waals surface area contributed by atoms with Gasteiger partial charge in [0.1, 0.15) is 0 Å². The number of Topliss-reactive ketones (excluding diaryl/α,β-unsaturated/α-hetero) is 1. The molecule has 0 atom stereocenters. The summed E-state index contributed by atoms with van der Waals surface area (Å²) in [7, 11) is 0. The summed E-state index contributed by atoms with van der Waals surface area (Å²) in [6, 6.07) is 6.68. The summed E-state index contributed by atoms with van der Waals surface area (Å²) >= 11 is 0. The van der Waals surface area contributed by atoms with E-state index in [0.717, 1.165) is 38.8 Å². The van der Waals surface area contributed by atoms with Crippen molar-refractivity contribution in [3.63, 3.8) is 0 Å². The summed E-state index contributed by atoms with van der Waals surface area (Å²) in [6.45, 7) is 4.69. The summed E-state index contributed by atoms with van der Waals surface area (Å²) in [5, 5.41) is 2.71. The molecule has 1 saturated heterocycles. The molecule has 1 heterocycles. The van der Waals surface area contributed by atoms with Gasteiger partial charge in [0, 0.05) is 36.0 Å². The maximum Gasteiger partial charge on any atom is 0.249 e. The fourth-order valence-electron chi connectivity index (χ4n) is 2.75. The molecule has 2 rings (SSSR count). The molecular weight excluding hydrogens is 304 g/mol. The summed E-state index contributed by atoms with van der Waals surface area (Å²) in [4.78, 5) is 37.5. The van der Waals surface area contributed by atoms with Gasteiger partial charge in [-0.25, -0.2) is 0 Å². The van der Waals surface area contributed by atoms with Crippen molar-refractivity contribution in [1.29, 1.82) is 0 Å². The van der Waals surface area contributed by atoms with Gasteiger partial charge in [-0.2, -0.15) is 0 Å². The van der Waals surface area contributed by atoms with Gasteiger partial charge in [0.2, 0.25) is 11.8 Å². The minimum atomic E-state index is -0.341. The first-order chi connectivity index (χ1) is 11.5. The van der Waals surface area contributed by atoms with Gasteiger partial charge in [-0.15, -0.1) is 0 Å². The number of nitrogens with one attached hydrogen (secondary N) is 1. The Hall–Kier alpha value is -2.43. The second-order valence-electron chi connectivity index (χ2n) is 6.16. The Balaban J connectivity index is 1.97. The first-order valence-corrected chi connectivity index (χ1v) is 8.37. The monoisotopic (exact) mass is 328 g/mol. The molecule has 1 aliphatic rings. The maximum absolute atomic E-state index is 12.4. The van der Waals surface area contributed by atoms with Crippen molar-refractivity contribution >= 4 is 23.3 Å². The number of anilines is 1. The Morgan fingerprint density at radius 2 is 1.54 bits per heavy atom. The van der Waals surface area contributed by atoms with Crippen molar-refractivity contribution in [1.82, 2.24) is 4.90 Å². The van der Waals surface area contributed by atoms with E-state index in [-0.39, 0.29) is 17.6 Å². The Kier molecular flexibility index (Phi) is 6.29. The average molecular weight is 328 g/mol. The molecule has 1 aliphatic heterocycles. The Bertz CT molecular complexity index is 639. The van der Waals surface area contributed by atoms with Crippen LogP contribution in [0.15, 0.2) is 35.9 Å². The molecule has 1 N–H and O–H groups in total. The van der Waals surface area contributed by atoms with E-state index in [0.29, 0.717) is 16.8 Å². The molecule has 0 bridgehead atoms. The molecule has 0 aromatic heterocycles. The van der Waals surface area contributed by atoms with Crippen molar-refractivity contribution in [2.45, 2.75) is 39.5 Å². The van der Waals surface area contributed by atoms with Crippen LogP contribution in [0, 0.1) is 0 Å². The van der Waals surface area contributed by atoms with Crippen molar-refractivity contribution < 1.29 is 14.4 Å². The highest BCUT2D eigenvalue weighted by Gasteiger charge is 2.17. The van der Waals surface area contributed by atoms with E-state index in [4.69, 9.17) is 0 Å². The molecule has 1 fully saturated rings. The van der Waals surface area contributed by atoms with Crippen molar-refractivity contribution in [2.75, 3.05) is 18.4 Å². The number of benzene rings is 1. The molecule has 2 amide bonds. The van der Waals surface area contributed by atoms with Gasteiger partial charge in [-0.3, -0.25) is 14.4 Å². The highest BCUT2D eigenvalue weighted by Crippen LogP contribution is 2.13. The average Bonchev–Trinajstić information content (AvgIpc) is 2.83. The van der Waals surface area contributed by atoms with E-state index >= 15 is 0 Å². The summed E-state index contributed by atoms with van der Waals surface area (Å²) in [6.07, 6.45) is 5.69. The van der Waals surface area contributed by atoms with Crippen LogP contribution in [0.3, 0.4) is 0 Å². The van der Waals surface area contributed by atoms with Crippen LogP contribution in [-0.2, 0) is 9.59 Å². The number of amides is 2. The predicted octanol–water partition coefficient (Wildman–Crippen LogP) is 3.18. The molecule has 0 aliphatic carbocycles. The number of hydrogen-bond donors (Lipinski definition) is 1. The third-order valence-electron chi connectivity index (χ3n) is 4.14. The van der Waals surface area contributed by atoms with Gasteiger partial charge in [-0.1, -0.05) is 12.8 Å². The lowest BCUT2D eigenvalue weighted by Gasteiger charge is -2.20. The summed E-state index contributed by atoms with van der Waals surface area (Å²) < 4.78 is 0. The number of rotatable bonds is 4. The van der Waals surface area contributed by atoms with Crippen LogP contribution in [0.25, 0.3) is 0 Å². The van der Waals surface area contributed by atoms with E-state index in [1.165, 1.54) is 13.0 Å². The highest BCUT2D eigenvalue weighted by molar-refractivity contribution is 6.06. The minimum Gasteiger partial charge on any atom is -0.339 e. The van der Waals surface area contributed by atoms with Gasteiger partial charge in [0.25, 0.3) is 0 Å². The van der Waals surface area contributed by atoms with Gasteiger partial charge in [0.15, 0.2) is 5.78 Å². The Morgan fingerprint density at radius 3 is 2.08 bits per heavy atom. The SMILES string of the molecule is CC(=O)c1ccc(NC(=O)/C=C(/C)C(=O)N2CCCCCC2)cc1. The normalized spacial score (nSPS) is 15.6. The molecule has 5 heteroatoms. The predicted molar refractivity (Wildman–Crippen MR) is 93.9 cm³/mol. The number of ketones is 1. The zero-order chi connectivity index (χ0) is 17.5. The molecule has 1 aromatic rings. The van der Waals surface area contributed by atoms with Crippen LogP contribution >= 0.6 is 0 Å². The summed E-state index contributed by atoms with van der Waals surface area (Å²) in [5.74, 6) is -0.433. The highest BCUT2D eigenvalue weighted by atomic mass is 16.2. The molecule has 5 nitrogen and oxygen atoms in total. The molecule has 0 saturated carbocycles. The van der Waals surface area contributed by atoms with Gasteiger partial charge in [0.05, 0.1) is 0 Å². The van der Waals surface area contributed by atoms with Crippen LogP contribution in [0.5, 0.6) is 0 Å². The largest absolute Gasteiger partial charge is 0.339 e. The molecule has 0 radical (unpaired) electrons. The summed E-state index contributed by atoms with van der Waals surface area (Å²) in [5.41, 5.74) is 1.63. The number of nitrogens with zero attached hydrogens (tertiary/aromatic N) is 1. The fraction of sp³-hybridized carbons (Fsp3) is 0.421. The van der Waals surface area contributed by atoms with E-state index in [9.17, 15) is 14.4 Å². The lowest BCUT2D eigenvalue weighted by molar-refractivity contribution is -0.127. The third-order valence-corrected chi connectivity index (χ3v) is 4.14. The molecule has 0 unspecified atom stereocenters.